The number of rotatable bonds is 7. The van der Waals surface area contributed by atoms with Crippen LogP contribution in [0.25, 0.3) is 0 Å². The molecule has 0 heterocycles. The van der Waals surface area contributed by atoms with Gasteiger partial charge in [-0.15, -0.1) is 24.0 Å². The SMILES string of the molecule is CC(C)NC(N)=NCc1ccc(CS(=O)(=O)NC(C)C)cc1.I. The lowest BCUT2D eigenvalue weighted by Gasteiger charge is -2.10. The van der Waals surface area contributed by atoms with Crippen LogP contribution in [0.15, 0.2) is 29.3 Å². The Morgan fingerprint density at radius 1 is 1.09 bits per heavy atom. The first kappa shape index (κ1) is 22.1. The first-order chi connectivity index (χ1) is 10.2. The minimum atomic E-state index is -3.29. The van der Waals surface area contributed by atoms with Crippen molar-refractivity contribution in [3.05, 3.63) is 35.4 Å². The Morgan fingerprint density at radius 3 is 2.09 bits per heavy atom. The van der Waals surface area contributed by atoms with Gasteiger partial charge < -0.3 is 11.1 Å². The van der Waals surface area contributed by atoms with Crippen molar-refractivity contribution < 1.29 is 8.42 Å². The molecule has 1 aromatic rings. The quantitative estimate of drug-likeness (QED) is 0.333. The summed E-state index contributed by atoms with van der Waals surface area (Å²) < 4.78 is 26.3. The zero-order valence-electron chi connectivity index (χ0n) is 14.0. The summed E-state index contributed by atoms with van der Waals surface area (Å²) in [5.41, 5.74) is 7.46. The third-order valence-corrected chi connectivity index (χ3v) is 4.21. The Kier molecular flexibility index (Phi) is 9.71. The van der Waals surface area contributed by atoms with Gasteiger partial charge in [0.25, 0.3) is 0 Å². The zero-order chi connectivity index (χ0) is 16.8. The van der Waals surface area contributed by atoms with Crippen molar-refractivity contribution in [2.75, 3.05) is 0 Å². The smallest absolute Gasteiger partial charge is 0.216 e. The molecule has 0 aliphatic heterocycles. The topological polar surface area (TPSA) is 96.6 Å². The second kappa shape index (κ2) is 10.1. The lowest BCUT2D eigenvalue weighted by atomic mass is 10.1. The van der Waals surface area contributed by atoms with E-state index in [1.165, 1.54) is 0 Å². The van der Waals surface area contributed by atoms with E-state index in [1.807, 2.05) is 26.0 Å². The van der Waals surface area contributed by atoms with Crippen molar-refractivity contribution >= 4 is 40.0 Å². The summed E-state index contributed by atoms with van der Waals surface area (Å²) in [6.07, 6.45) is 0. The molecular formula is C15H27IN4O2S. The number of benzene rings is 1. The Bertz CT molecular complexity index is 598. The van der Waals surface area contributed by atoms with E-state index in [2.05, 4.69) is 15.0 Å². The molecule has 1 aromatic carbocycles. The highest BCUT2D eigenvalue weighted by atomic mass is 127. The average Bonchev–Trinajstić information content (AvgIpc) is 2.35. The number of nitrogens with zero attached hydrogens (tertiary/aromatic N) is 1. The molecule has 0 spiro atoms. The molecule has 0 amide bonds. The van der Waals surface area contributed by atoms with Gasteiger partial charge in [-0.2, -0.15) is 0 Å². The van der Waals surface area contributed by atoms with Crippen molar-refractivity contribution in [3.8, 4) is 0 Å². The fourth-order valence-electron chi connectivity index (χ4n) is 1.88. The van der Waals surface area contributed by atoms with Crippen LogP contribution in [0.2, 0.25) is 0 Å². The van der Waals surface area contributed by atoms with E-state index < -0.39 is 10.0 Å². The van der Waals surface area contributed by atoms with E-state index in [9.17, 15) is 8.42 Å². The summed E-state index contributed by atoms with van der Waals surface area (Å²) in [5, 5.41) is 3.01. The fourth-order valence-corrected chi connectivity index (χ4v) is 3.31. The summed E-state index contributed by atoms with van der Waals surface area (Å²) in [7, 11) is -3.29. The normalized spacial score (nSPS) is 12.3. The zero-order valence-corrected chi connectivity index (χ0v) is 17.2. The monoisotopic (exact) mass is 454 g/mol. The highest BCUT2D eigenvalue weighted by Crippen LogP contribution is 2.09. The van der Waals surface area contributed by atoms with Crippen LogP contribution in [0, 0.1) is 0 Å². The Hall–Kier alpha value is -0.870. The van der Waals surface area contributed by atoms with Crippen LogP contribution in [-0.4, -0.2) is 26.5 Å². The van der Waals surface area contributed by atoms with Crippen LogP contribution >= 0.6 is 24.0 Å². The van der Waals surface area contributed by atoms with E-state index in [-0.39, 0.29) is 41.8 Å². The highest BCUT2D eigenvalue weighted by molar-refractivity contribution is 14.0. The van der Waals surface area contributed by atoms with Gasteiger partial charge in [0.1, 0.15) is 0 Å². The molecule has 0 saturated carbocycles. The third-order valence-electron chi connectivity index (χ3n) is 2.66. The van der Waals surface area contributed by atoms with Crippen molar-refractivity contribution in [1.82, 2.24) is 10.0 Å². The molecule has 1 rings (SSSR count). The standard InChI is InChI=1S/C15H26N4O2S.HI/c1-11(2)18-15(16)17-9-13-5-7-14(8-6-13)10-22(20,21)19-12(3)4;/h5-8,11-12,19H,9-10H2,1-4H3,(H3,16,17,18);1H. The maximum atomic E-state index is 11.9. The van der Waals surface area contributed by atoms with Crippen molar-refractivity contribution in [2.24, 2.45) is 10.7 Å². The van der Waals surface area contributed by atoms with E-state index >= 15 is 0 Å². The van der Waals surface area contributed by atoms with E-state index in [1.54, 1.807) is 26.0 Å². The Balaban J connectivity index is 0.00000484. The first-order valence-electron chi connectivity index (χ1n) is 7.32. The van der Waals surface area contributed by atoms with Gasteiger partial charge in [-0.1, -0.05) is 24.3 Å². The van der Waals surface area contributed by atoms with E-state index in [0.29, 0.717) is 12.5 Å². The first-order valence-corrected chi connectivity index (χ1v) is 8.97. The van der Waals surface area contributed by atoms with Crippen LogP contribution in [0.3, 0.4) is 0 Å². The van der Waals surface area contributed by atoms with E-state index in [0.717, 1.165) is 11.1 Å². The number of halogens is 1. The number of sulfonamides is 1. The molecule has 23 heavy (non-hydrogen) atoms. The minimum absolute atomic E-state index is 0. The molecule has 8 heteroatoms. The molecule has 0 aliphatic carbocycles. The lowest BCUT2D eigenvalue weighted by molar-refractivity contribution is 0.569. The molecule has 0 unspecified atom stereocenters. The number of nitrogens with one attached hydrogen (secondary N) is 2. The lowest BCUT2D eigenvalue weighted by Crippen LogP contribution is -2.36. The summed E-state index contributed by atoms with van der Waals surface area (Å²) in [6.45, 7) is 8.04. The second-order valence-corrected chi connectivity index (χ2v) is 7.60. The van der Waals surface area contributed by atoms with Gasteiger partial charge in [-0.3, -0.25) is 0 Å². The number of hydrogen-bond donors (Lipinski definition) is 3. The van der Waals surface area contributed by atoms with Crippen molar-refractivity contribution in [1.29, 1.82) is 0 Å². The molecular weight excluding hydrogens is 427 g/mol. The Morgan fingerprint density at radius 2 is 1.61 bits per heavy atom. The van der Waals surface area contributed by atoms with Crippen LogP contribution < -0.4 is 15.8 Å². The van der Waals surface area contributed by atoms with Crippen LogP contribution in [0.1, 0.15) is 38.8 Å². The summed E-state index contributed by atoms with van der Waals surface area (Å²) in [6, 6.07) is 7.48. The predicted octanol–water partition coefficient (Wildman–Crippen LogP) is 1.95. The molecule has 0 fully saturated rings. The van der Waals surface area contributed by atoms with Gasteiger partial charge in [0.15, 0.2) is 5.96 Å². The number of hydrogen-bond acceptors (Lipinski definition) is 3. The fraction of sp³-hybridized carbons (Fsp3) is 0.533. The summed E-state index contributed by atoms with van der Waals surface area (Å²) in [5.74, 6) is 0.383. The summed E-state index contributed by atoms with van der Waals surface area (Å²) >= 11 is 0. The molecule has 0 atom stereocenters. The van der Waals surface area contributed by atoms with Crippen LogP contribution in [-0.2, 0) is 22.3 Å². The number of guanidine groups is 1. The second-order valence-electron chi connectivity index (χ2n) is 5.85. The Labute approximate surface area is 156 Å². The average molecular weight is 454 g/mol. The summed E-state index contributed by atoms with van der Waals surface area (Å²) in [4.78, 5) is 4.23. The van der Waals surface area contributed by atoms with Crippen LogP contribution in [0.5, 0.6) is 0 Å². The third kappa shape index (κ3) is 9.77. The molecule has 0 radical (unpaired) electrons. The molecule has 0 bridgehead atoms. The van der Waals surface area contributed by atoms with Gasteiger partial charge in [-0.25, -0.2) is 18.1 Å². The largest absolute Gasteiger partial charge is 0.370 e. The van der Waals surface area contributed by atoms with E-state index in [4.69, 9.17) is 5.73 Å². The molecule has 4 N–H and O–H groups in total. The minimum Gasteiger partial charge on any atom is -0.370 e. The van der Waals surface area contributed by atoms with Gasteiger partial charge in [0.2, 0.25) is 10.0 Å². The number of aliphatic imine (C=N–C) groups is 1. The molecule has 0 aliphatic rings. The van der Waals surface area contributed by atoms with Gasteiger partial charge in [0.05, 0.1) is 12.3 Å². The molecule has 132 valence electrons. The van der Waals surface area contributed by atoms with Gasteiger partial charge in [0, 0.05) is 12.1 Å². The van der Waals surface area contributed by atoms with Crippen molar-refractivity contribution in [2.45, 2.75) is 52.1 Å². The predicted molar refractivity (Wildman–Crippen MR) is 106 cm³/mol. The highest BCUT2D eigenvalue weighted by Gasteiger charge is 2.12. The van der Waals surface area contributed by atoms with Gasteiger partial charge >= 0.3 is 0 Å². The maximum Gasteiger partial charge on any atom is 0.216 e. The molecule has 0 saturated heterocycles. The number of nitrogens with two attached hydrogens (primary N) is 1. The van der Waals surface area contributed by atoms with Gasteiger partial charge in [-0.05, 0) is 38.8 Å². The molecule has 6 nitrogen and oxygen atoms in total. The van der Waals surface area contributed by atoms with Crippen molar-refractivity contribution in [3.63, 3.8) is 0 Å². The van der Waals surface area contributed by atoms with Crippen LogP contribution in [0.4, 0.5) is 0 Å². The molecule has 0 aromatic heterocycles. The maximum absolute atomic E-state index is 11.9.